The number of aryl methyl sites for hydroxylation is 1. The zero-order chi connectivity index (χ0) is 28.4. The summed E-state index contributed by atoms with van der Waals surface area (Å²) in [4.78, 5) is 14.3. The molecule has 0 radical (unpaired) electrons. The van der Waals surface area contributed by atoms with E-state index in [9.17, 15) is 27.5 Å². The Labute approximate surface area is 238 Å². The molecule has 1 aromatic heterocycles. The molecule has 5 rings (SSSR count). The van der Waals surface area contributed by atoms with Crippen LogP contribution in [0.5, 0.6) is 0 Å². The minimum absolute atomic E-state index is 0.0186. The lowest BCUT2D eigenvalue weighted by Gasteiger charge is -2.17. The number of benzene rings is 3. The number of amides is 1. The quantitative estimate of drug-likeness (QED) is 0.187. The highest BCUT2D eigenvalue weighted by molar-refractivity contribution is 8.00. The molecule has 2 N–H and O–H groups in total. The number of thioether (sulfide) groups is 1. The Balaban J connectivity index is 1.39. The lowest BCUT2D eigenvalue weighted by Crippen LogP contribution is -2.30. The van der Waals surface area contributed by atoms with Crippen LogP contribution in [0, 0.1) is 0 Å². The number of aromatic nitrogens is 1. The second-order valence-electron chi connectivity index (χ2n) is 9.82. The van der Waals surface area contributed by atoms with Gasteiger partial charge in [0, 0.05) is 43.7 Å². The van der Waals surface area contributed by atoms with Crippen LogP contribution in [0.2, 0.25) is 5.02 Å². The summed E-state index contributed by atoms with van der Waals surface area (Å²) in [6.07, 6.45) is -2.24. The highest BCUT2D eigenvalue weighted by atomic mass is 35.5. The van der Waals surface area contributed by atoms with Crippen molar-refractivity contribution in [2.45, 2.75) is 48.2 Å². The van der Waals surface area contributed by atoms with Gasteiger partial charge in [-0.25, -0.2) is 4.39 Å². The predicted octanol–water partition coefficient (Wildman–Crippen LogP) is 7.59. The number of rotatable bonds is 10. The van der Waals surface area contributed by atoms with Crippen LogP contribution in [0.15, 0.2) is 71.6 Å². The van der Waals surface area contributed by atoms with Crippen LogP contribution < -0.4 is 5.32 Å². The molecule has 1 fully saturated rings. The molecule has 0 spiro atoms. The van der Waals surface area contributed by atoms with Gasteiger partial charge in [-0.3, -0.25) is 4.79 Å². The fourth-order valence-electron chi connectivity index (χ4n) is 4.76. The largest absolute Gasteiger partial charge is 0.416 e. The van der Waals surface area contributed by atoms with Gasteiger partial charge in [0.2, 0.25) is 0 Å². The minimum atomic E-state index is -4.60. The molecule has 0 aliphatic heterocycles. The molecule has 1 heterocycles. The van der Waals surface area contributed by atoms with E-state index in [0.29, 0.717) is 27.4 Å². The van der Waals surface area contributed by atoms with Crippen LogP contribution in [0.1, 0.15) is 51.6 Å². The van der Waals surface area contributed by atoms with Crippen molar-refractivity contribution in [3.8, 4) is 0 Å². The molecule has 40 heavy (non-hydrogen) atoms. The van der Waals surface area contributed by atoms with Crippen molar-refractivity contribution in [1.29, 1.82) is 0 Å². The number of aliphatic hydroxyl groups excluding tert-OH is 1. The first kappa shape index (κ1) is 28.5. The Morgan fingerprint density at radius 2 is 1.82 bits per heavy atom. The second-order valence-corrected chi connectivity index (χ2v) is 11.6. The number of alkyl halides is 4. The summed E-state index contributed by atoms with van der Waals surface area (Å²) >= 11 is 7.64. The van der Waals surface area contributed by atoms with Crippen LogP contribution in [0.4, 0.5) is 17.6 Å². The maximum absolute atomic E-state index is 13.7. The number of nitrogens with zero attached hydrogens (tertiary/aromatic N) is 1. The standard InChI is InChI=1S/C30H27ClF4N2O2S/c31-22-5-1-19(26(16-22)30(33,34)35)14-23-15-21-13-20(4-10-28(21)37(23)12-11-32)29(39)36-27(17-38)18-2-6-24(7-3-18)40-25-8-9-25/h1-7,10,13,15-16,25,27,38H,8-9,11-12,14,17H2,(H,36,39). The molecule has 0 bridgehead atoms. The highest BCUT2D eigenvalue weighted by Gasteiger charge is 2.33. The van der Waals surface area contributed by atoms with E-state index in [1.54, 1.807) is 28.8 Å². The third kappa shape index (κ3) is 6.48. The first-order chi connectivity index (χ1) is 19.2. The molecule has 1 saturated carbocycles. The van der Waals surface area contributed by atoms with Gasteiger partial charge in [-0.15, -0.1) is 11.8 Å². The summed E-state index contributed by atoms with van der Waals surface area (Å²) in [6.45, 7) is -1.04. The number of aliphatic hydroxyl groups is 1. The molecule has 3 aromatic carbocycles. The van der Waals surface area contributed by atoms with Gasteiger partial charge in [0.15, 0.2) is 0 Å². The summed E-state index contributed by atoms with van der Waals surface area (Å²) in [7, 11) is 0. The van der Waals surface area contributed by atoms with Crippen molar-refractivity contribution in [3.05, 3.63) is 99.7 Å². The normalized spacial score (nSPS) is 14.4. The van der Waals surface area contributed by atoms with E-state index >= 15 is 0 Å². The van der Waals surface area contributed by atoms with E-state index in [4.69, 9.17) is 11.6 Å². The van der Waals surface area contributed by atoms with Crippen molar-refractivity contribution in [3.63, 3.8) is 0 Å². The van der Waals surface area contributed by atoms with Crippen LogP contribution in [0.3, 0.4) is 0 Å². The fraction of sp³-hybridized carbons (Fsp3) is 0.300. The Morgan fingerprint density at radius 1 is 1.07 bits per heavy atom. The van der Waals surface area contributed by atoms with E-state index in [0.717, 1.165) is 16.5 Å². The molecule has 1 atom stereocenters. The topological polar surface area (TPSA) is 54.3 Å². The van der Waals surface area contributed by atoms with Gasteiger partial charge in [0.1, 0.15) is 6.67 Å². The zero-order valence-electron chi connectivity index (χ0n) is 21.3. The summed E-state index contributed by atoms with van der Waals surface area (Å²) in [5.74, 6) is -0.408. The molecule has 4 nitrogen and oxygen atoms in total. The van der Waals surface area contributed by atoms with E-state index in [1.165, 1.54) is 25.0 Å². The van der Waals surface area contributed by atoms with E-state index in [-0.39, 0.29) is 30.2 Å². The van der Waals surface area contributed by atoms with Gasteiger partial charge in [-0.1, -0.05) is 29.8 Å². The summed E-state index contributed by atoms with van der Waals surface area (Å²) < 4.78 is 56.1. The third-order valence-corrected chi connectivity index (χ3v) is 8.49. The second kappa shape index (κ2) is 11.8. The molecule has 1 unspecified atom stereocenters. The summed E-state index contributed by atoms with van der Waals surface area (Å²) in [5.41, 5.74) is 1.36. The smallest absolute Gasteiger partial charge is 0.394 e. The summed E-state index contributed by atoms with van der Waals surface area (Å²) in [6, 6.07) is 17.3. The SMILES string of the molecule is O=C(NC(CO)c1ccc(SC2CC2)cc1)c1ccc2c(c1)cc(Cc1ccc(Cl)cc1C(F)(F)F)n2CCF. The number of fused-ring (bicyclic) bond motifs is 1. The average Bonchev–Trinajstić information content (AvgIpc) is 3.68. The van der Waals surface area contributed by atoms with Gasteiger partial charge >= 0.3 is 6.18 Å². The molecule has 1 aliphatic carbocycles. The predicted molar refractivity (Wildman–Crippen MR) is 150 cm³/mol. The number of carbonyl (C=O) groups is 1. The number of carbonyl (C=O) groups excluding carboxylic acids is 1. The van der Waals surface area contributed by atoms with E-state index < -0.39 is 30.4 Å². The minimum Gasteiger partial charge on any atom is -0.394 e. The molecule has 0 saturated heterocycles. The third-order valence-electron chi connectivity index (χ3n) is 6.90. The Hall–Kier alpha value is -3.01. The molecule has 4 aromatic rings. The summed E-state index contributed by atoms with van der Waals surface area (Å²) in [5, 5.41) is 14.1. The molecular formula is C30H27ClF4N2O2S. The lowest BCUT2D eigenvalue weighted by atomic mass is 10.0. The molecular weight excluding hydrogens is 564 g/mol. The fourth-order valence-corrected chi connectivity index (χ4v) is 5.98. The number of nitrogens with one attached hydrogen (secondary N) is 1. The lowest BCUT2D eigenvalue weighted by molar-refractivity contribution is -0.138. The van der Waals surface area contributed by atoms with Crippen molar-refractivity contribution in [2.75, 3.05) is 13.3 Å². The zero-order valence-corrected chi connectivity index (χ0v) is 22.9. The van der Waals surface area contributed by atoms with E-state index in [2.05, 4.69) is 5.32 Å². The number of halogens is 5. The number of hydrogen-bond donors (Lipinski definition) is 2. The van der Waals surface area contributed by atoms with Gasteiger partial charge in [0.05, 0.1) is 24.8 Å². The van der Waals surface area contributed by atoms with Crippen molar-refractivity contribution in [1.82, 2.24) is 9.88 Å². The maximum atomic E-state index is 13.7. The van der Waals surface area contributed by atoms with Crippen molar-refractivity contribution < 1.29 is 27.5 Å². The first-order valence-electron chi connectivity index (χ1n) is 12.9. The Kier molecular flexibility index (Phi) is 8.44. The van der Waals surface area contributed by atoms with Gasteiger partial charge in [-0.05, 0) is 72.5 Å². The Morgan fingerprint density at radius 3 is 2.48 bits per heavy atom. The van der Waals surface area contributed by atoms with Crippen LogP contribution in [-0.4, -0.2) is 34.1 Å². The van der Waals surface area contributed by atoms with Gasteiger partial charge < -0.3 is 15.0 Å². The van der Waals surface area contributed by atoms with Crippen LogP contribution >= 0.6 is 23.4 Å². The van der Waals surface area contributed by atoms with Crippen LogP contribution in [0.25, 0.3) is 10.9 Å². The maximum Gasteiger partial charge on any atom is 0.416 e. The Bertz CT molecular complexity index is 1520. The van der Waals surface area contributed by atoms with Gasteiger partial charge in [-0.2, -0.15) is 13.2 Å². The molecule has 1 aliphatic rings. The van der Waals surface area contributed by atoms with Crippen LogP contribution in [-0.2, 0) is 19.1 Å². The highest BCUT2D eigenvalue weighted by Crippen LogP contribution is 2.39. The molecule has 10 heteroatoms. The van der Waals surface area contributed by atoms with Crippen molar-refractivity contribution in [2.24, 2.45) is 0 Å². The average molecular weight is 591 g/mol. The van der Waals surface area contributed by atoms with E-state index in [1.807, 2.05) is 36.0 Å². The van der Waals surface area contributed by atoms with Crippen molar-refractivity contribution >= 4 is 40.2 Å². The van der Waals surface area contributed by atoms with Gasteiger partial charge in [0.25, 0.3) is 5.91 Å². The molecule has 210 valence electrons. The first-order valence-corrected chi connectivity index (χ1v) is 14.1. The molecule has 1 amide bonds. The monoisotopic (exact) mass is 590 g/mol. The number of hydrogen-bond acceptors (Lipinski definition) is 3.